The maximum atomic E-state index is 12.1. The van der Waals surface area contributed by atoms with Crippen LogP contribution in [0.4, 0.5) is 10.5 Å². The molecule has 7 heteroatoms. The topological polar surface area (TPSA) is 92.5 Å². The summed E-state index contributed by atoms with van der Waals surface area (Å²) in [5, 5.41) is 7.88. The summed E-state index contributed by atoms with van der Waals surface area (Å²) in [5.41, 5.74) is 1.27. The van der Waals surface area contributed by atoms with E-state index in [0.717, 1.165) is 32.4 Å². The molecule has 110 valence electrons. The average Bonchev–Trinajstić information content (AvgIpc) is 2.41. The number of urea groups is 1. The van der Waals surface area contributed by atoms with Crippen LogP contribution >= 0.6 is 0 Å². The minimum Gasteiger partial charge on any atom is -0.325 e. The SMILES string of the molecule is Cc1cc(S(N)(=O)=O)ccc1NC(=O)N1CCCCC1. The summed E-state index contributed by atoms with van der Waals surface area (Å²) in [4.78, 5) is 13.9. The molecule has 2 rings (SSSR count). The van der Waals surface area contributed by atoms with Gasteiger partial charge in [-0.1, -0.05) is 0 Å². The standard InChI is InChI=1S/C13H19N3O3S/c1-10-9-11(20(14,18)19)5-6-12(10)15-13(17)16-7-3-2-4-8-16/h5-6,9H,2-4,7-8H2,1H3,(H,15,17)(H2,14,18,19). The molecule has 1 saturated heterocycles. The number of primary sulfonamides is 1. The van der Waals surface area contributed by atoms with Crippen LogP contribution < -0.4 is 10.5 Å². The summed E-state index contributed by atoms with van der Waals surface area (Å²) in [6.07, 6.45) is 3.21. The number of hydrogen-bond acceptors (Lipinski definition) is 3. The first-order valence-electron chi connectivity index (χ1n) is 6.57. The number of rotatable bonds is 2. The quantitative estimate of drug-likeness (QED) is 0.869. The van der Waals surface area contributed by atoms with Gasteiger partial charge in [0.15, 0.2) is 0 Å². The number of carbonyl (C=O) groups excluding carboxylic acids is 1. The molecule has 20 heavy (non-hydrogen) atoms. The zero-order chi connectivity index (χ0) is 14.8. The fourth-order valence-electron chi connectivity index (χ4n) is 2.24. The average molecular weight is 297 g/mol. The maximum absolute atomic E-state index is 12.1. The van der Waals surface area contributed by atoms with E-state index in [1.165, 1.54) is 12.1 Å². The number of aryl methyl sites for hydroxylation is 1. The van der Waals surface area contributed by atoms with E-state index < -0.39 is 10.0 Å². The number of likely N-dealkylation sites (tertiary alicyclic amines) is 1. The Kier molecular flexibility index (Phi) is 4.29. The lowest BCUT2D eigenvalue weighted by molar-refractivity contribution is 0.200. The van der Waals surface area contributed by atoms with Crippen molar-refractivity contribution in [3.8, 4) is 0 Å². The third-order valence-electron chi connectivity index (χ3n) is 3.41. The lowest BCUT2D eigenvalue weighted by atomic mass is 10.1. The number of amides is 2. The van der Waals surface area contributed by atoms with Crippen molar-refractivity contribution in [3.05, 3.63) is 23.8 Å². The number of nitrogens with zero attached hydrogens (tertiary/aromatic N) is 1. The third-order valence-corrected chi connectivity index (χ3v) is 4.32. The Morgan fingerprint density at radius 2 is 1.90 bits per heavy atom. The van der Waals surface area contributed by atoms with Gasteiger partial charge in [-0.15, -0.1) is 0 Å². The normalized spacial score (nSPS) is 16.0. The lowest BCUT2D eigenvalue weighted by Crippen LogP contribution is -2.38. The summed E-state index contributed by atoms with van der Waals surface area (Å²) in [6, 6.07) is 4.28. The molecule has 0 atom stereocenters. The highest BCUT2D eigenvalue weighted by molar-refractivity contribution is 7.89. The van der Waals surface area contributed by atoms with Crippen molar-refractivity contribution >= 4 is 21.7 Å². The molecule has 0 unspecified atom stereocenters. The molecule has 0 saturated carbocycles. The van der Waals surface area contributed by atoms with E-state index in [4.69, 9.17) is 5.14 Å². The fraction of sp³-hybridized carbons (Fsp3) is 0.462. The van der Waals surface area contributed by atoms with E-state index in [-0.39, 0.29) is 10.9 Å². The van der Waals surface area contributed by atoms with Crippen LogP contribution in [0.5, 0.6) is 0 Å². The molecule has 6 nitrogen and oxygen atoms in total. The van der Waals surface area contributed by atoms with Gasteiger partial charge in [0, 0.05) is 18.8 Å². The molecule has 0 radical (unpaired) electrons. The summed E-state index contributed by atoms with van der Waals surface area (Å²) in [6.45, 7) is 3.26. The van der Waals surface area contributed by atoms with Crippen molar-refractivity contribution in [2.45, 2.75) is 31.1 Å². The first-order valence-corrected chi connectivity index (χ1v) is 8.12. The summed E-state index contributed by atoms with van der Waals surface area (Å²) in [7, 11) is -3.71. The van der Waals surface area contributed by atoms with Crippen molar-refractivity contribution in [2.24, 2.45) is 5.14 Å². The Hall–Kier alpha value is -1.60. The molecule has 0 aromatic heterocycles. The van der Waals surface area contributed by atoms with Crippen LogP contribution in [0.15, 0.2) is 23.1 Å². The predicted molar refractivity (Wildman–Crippen MR) is 77.0 cm³/mol. The number of nitrogens with one attached hydrogen (secondary N) is 1. The predicted octanol–water partition coefficient (Wildman–Crippen LogP) is 1.66. The highest BCUT2D eigenvalue weighted by Gasteiger charge is 2.17. The minimum atomic E-state index is -3.71. The number of benzene rings is 1. The Morgan fingerprint density at radius 3 is 2.45 bits per heavy atom. The number of nitrogens with two attached hydrogens (primary N) is 1. The van der Waals surface area contributed by atoms with Crippen LogP contribution in [0, 0.1) is 6.92 Å². The van der Waals surface area contributed by atoms with E-state index >= 15 is 0 Å². The Balaban J connectivity index is 2.11. The minimum absolute atomic E-state index is 0.0472. The van der Waals surface area contributed by atoms with Crippen LogP contribution in [0.1, 0.15) is 24.8 Å². The van der Waals surface area contributed by atoms with Gasteiger partial charge >= 0.3 is 6.03 Å². The highest BCUT2D eigenvalue weighted by Crippen LogP contribution is 2.20. The van der Waals surface area contributed by atoms with Gasteiger partial charge in [0.25, 0.3) is 0 Å². The Morgan fingerprint density at radius 1 is 1.25 bits per heavy atom. The number of hydrogen-bond donors (Lipinski definition) is 2. The largest absolute Gasteiger partial charge is 0.325 e. The van der Waals surface area contributed by atoms with Crippen LogP contribution in [-0.2, 0) is 10.0 Å². The molecule has 0 aliphatic carbocycles. The summed E-state index contributed by atoms with van der Waals surface area (Å²) < 4.78 is 22.5. The first kappa shape index (κ1) is 14.8. The zero-order valence-corrected chi connectivity index (χ0v) is 12.2. The van der Waals surface area contributed by atoms with Gasteiger partial charge in [-0.3, -0.25) is 0 Å². The first-order chi connectivity index (χ1) is 9.38. The molecule has 1 aromatic carbocycles. The van der Waals surface area contributed by atoms with Gasteiger partial charge in [-0.2, -0.15) is 0 Å². The van der Waals surface area contributed by atoms with Crippen molar-refractivity contribution in [1.82, 2.24) is 4.90 Å². The summed E-state index contributed by atoms with van der Waals surface area (Å²) >= 11 is 0. The zero-order valence-electron chi connectivity index (χ0n) is 11.4. The van der Waals surface area contributed by atoms with Gasteiger partial charge < -0.3 is 10.2 Å². The van der Waals surface area contributed by atoms with Crippen LogP contribution in [-0.4, -0.2) is 32.4 Å². The molecular formula is C13H19N3O3S. The maximum Gasteiger partial charge on any atom is 0.321 e. The molecular weight excluding hydrogens is 278 g/mol. The van der Waals surface area contributed by atoms with Gasteiger partial charge in [0.05, 0.1) is 4.90 Å². The Bertz CT molecular complexity index is 607. The van der Waals surface area contributed by atoms with Crippen LogP contribution in [0.2, 0.25) is 0 Å². The molecule has 0 bridgehead atoms. The van der Waals surface area contributed by atoms with Crippen molar-refractivity contribution < 1.29 is 13.2 Å². The molecule has 3 N–H and O–H groups in total. The van der Waals surface area contributed by atoms with E-state index in [1.54, 1.807) is 17.9 Å². The molecule has 1 aliphatic rings. The number of carbonyl (C=O) groups is 1. The molecule has 2 amide bonds. The molecule has 1 aromatic rings. The second kappa shape index (κ2) is 5.80. The van der Waals surface area contributed by atoms with E-state index in [2.05, 4.69) is 5.32 Å². The van der Waals surface area contributed by atoms with Gasteiger partial charge in [-0.25, -0.2) is 18.4 Å². The second-order valence-electron chi connectivity index (χ2n) is 5.00. The second-order valence-corrected chi connectivity index (χ2v) is 6.56. The van der Waals surface area contributed by atoms with E-state index in [1.807, 2.05) is 0 Å². The van der Waals surface area contributed by atoms with Crippen molar-refractivity contribution in [2.75, 3.05) is 18.4 Å². The van der Waals surface area contributed by atoms with Gasteiger partial charge in [-0.05, 0) is 49.9 Å². The van der Waals surface area contributed by atoms with Crippen molar-refractivity contribution in [1.29, 1.82) is 0 Å². The fourth-order valence-corrected chi connectivity index (χ4v) is 2.84. The lowest BCUT2D eigenvalue weighted by Gasteiger charge is -2.27. The number of anilines is 1. The Labute approximate surface area is 119 Å². The molecule has 0 spiro atoms. The van der Waals surface area contributed by atoms with Gasteiger partial charge in [0.1, 0.15) is 0 Å². The van der Waals surface area contributed by atoms with E-state index in [0.29, 0.717) is 11.3 Å². The molecule has 1 fully saturated rings. The third kappa shape index (κ3) is 3.49. The number of piperidine rings is 1. The molecule has 1 heterocycles. The smallest absolute Gasteiger partial charge is 0.321 e. The van der Waals surface area contributed by atoms with Gasteiger partial charge in [0.2, 0.25) is 10.0 Å². The van der Waals surface area contributed by atoms with Crippen LogP contribution in [0.3, 0.4) is 0 Å². The van der Waals surface area contributed by atoms with E-state index in [9.17, 15) is 13.2 Å². The highest BCUT2D eigenvalue weighted by atomic mass is 32.2. The molecule has 1 aliphatic heterocycles. The number of sulfonamides is 1. The van der Waals surface area contributed by atoms with Crippen molar-refractivity contribution in [3.63, 3.8) is 0 Å². The summed E-state index contributed by atoms with van der Waals surface area (Å²) in [5.74, 6) is 0. The monoisotopic (exact) mass is 297 g/mol. The van der Waals surface area contributed by atoms with Crippen LogP contribution in [0.25, 0.3) is 0 Å².